The highest BCUT2D eigenvalue weighted by Gasteiger charge is 2.40. The van der Waals surface area contributed by atoms with E-state index < -0.39 is 0 Å². The van der Waals surface area contributed by atoms with Gasteiger partial charge in [0.15, 0.2) is 11.6 Å². The molecule has 3 aromatic rings. The molecular weight excluding hydrogens is 538 g/mol. The lowest BCUT2D eigenvalue weighted by molar-refractivity contribution is 0.472. The minimum absolute atomic E-state index is 1.04. The third-order valence-corrected chi connectivity index (χ3v) is 10.9. The van der Waals surface area contributed by atoms with Crippen LogP contribution in [0.25, 0.3) is 0 Å². The van der Waals surface area contributed by atoms with Crippen molar-refractivity contribution in [3.05, 3.63) is 59.7 Å². The summed E-state index contributed by atoms with van der Waals surface area (Å²) in [5, 5.41) is 6.37. The Hall–Kier alpha value is -2.97. The van der Waals surface area contributed by atoms with E-state index in [-0.39, 0.29) is 0 Å². The molecule has 7 nitrogen and oxygen atoms in total. The van der Waals surface area contributed by atoms with Gasteiger partial charge >= 0.3 is 0 Å². The van der Waals surface area contributed by atoms with E-state index in [1.54, 1.807) is 0 Å². The largest absolute Gasteiger partial charge is 0.353 e. The molecule has 8 rings (SSSR count). The van der Waals surface area contributed by atoms with Gasteiger partial charge in [-0.1, -0.05) is 36.4 Å². The number of aromatic nitrogens is 1. The van der Waals surface area contributed by atoms with Gasteiger partial charge in [-0.3, -0.25) is 0 Å². The molecule has 42 heavy (non-hydrogen) atoms. The Bertz CT molecular complexity index is 1400. The molecule has 0 unspecified atom stereocenters. The van der Waals surface area contributed by atoms with E-state index >= 15 is 0 Å². The summed E-state index contributed by atoms with van der Waals surface area (Å²) in [6.07, 6.45) is 7.37. The number of nitrogens with one attached hydrogen (secondary N) is 1. The first-order valence-electron chi connectivity index (χ1n) is 16.4. The van der Waals surface area contributed by atoms with Gasteiger partial charge in [0, 0.05) is 88.3 Å². The van der Waals surface area contributed by atoms with Crippen molar-refractivity contribution < 1.29 is 0 Å². The molecule has 3 fully saturated rings. The molecule has 1 N–H and O–H groups in total. The molecule has 5 aliphatic rings. The Balaban J connectivity index is 1.43. The number of para-hydroxylation sites is 2. The zero-order chi connectivity index (χ0) is 27.9. The van der Waals surface area contributed by atoms with Crippen LogP contribution in [0.15, 0.2) is 48.5 Å². The molecule has 0 bridgehead atoms. The molecule has 3 saturated heterocycles. The normalized spacial score (nSPS) is 21.1. The van der Waals surface area contributed by atoms with Crippen LogP contribution in [-0.2, 0) is 12.8 Å². The van der Waals surface area contributed by atoms with E-state index in [0.29, 0.717) is 0 Å². The van der Waals surface area contributed by atoms with Crippen molar-refractivity contribution >= 4 is 46.1 Å². The maximum absolute atomic E-state index is 3.65. The van der Waals surface area contributed by atoms with Gasteiger partial charge in [-0.2, -0.15) is 11.8 Å². The second-order valence-electron chi connectivity index (χ2n) is 12.4. The van der Waals surface area contributed by atoms with Crippen LogP contribution in [0.5, 0.6) is 0 Å². The smallest absolute Gasteiger partial charge is 0.156 e. The Morgan fingerprint density at radius 3 is 1.83 bits per heavy atom. The van der Waals surface area contributed by atoms with Crippen molar-refractivity contribution in [3.8, 4) is 0 Å². The van der Waals surface area contributed by atoms with Crippen LogP contribution in [0.2, 0.25) is 0 Å². The second-order valence-corrected chi connectivity index (χ2v) is 13.6. The molecule has 0 aliphatic carbocycles. The first-order valence-corrected chi connectivity index (χ1v) is 17.6. The number of nitrogens with zero attached hydrogens (tertiary/aromatic N) is 6. The van der Waals surface area contributed by atoms with Crippen molar-refractivity contribution in [1.29, 1.82) is 0 Å². The molecular formula is C34H45N7S. The Morgan fingerprint density at radius 2 is 1.14 bits per heavy atom. The van der Waals surface area contributed by atoms with Crippen molar-refractivity contribution in [2.45, 2.75) is 38.5 Å². The predicted octanol–water partition coefficient (Wildman–Crippen LogP) is 5.35. The lowest BCUT2D eigenvalue weighted by Gasteiger charge is -2.40. The topological polar surface area (TPSA) is 33.2 Å². The van der Waals surface area contributed by atoms with Crippen molar-refractivity contribution in [2.75, 3.05) is 102 Å². The van der Waals surface area contributed by atoms with Crippen molar-refractivity contribution in [2.24, 2.45) is 0 Å². The Morgan fingerprint density at radius 1 is 0.548 bits per heavy atom. The third-order valence-electron chi connectivity index (χ3n) is 9.93. The molecule has 222 valence electrons. The molecule has 0 radical (unpaired) electrons. The number of anilines is 6. The molecule has 0 atom stereocenters. The maximum atomic E-state index is 3.65. The average molecular weight is 584 g/mol. The quantitative estimate of drug-likeness (QED) is 0.434. The number of hydrogen-bond acceptors (Lipinski definition) is 7. The Kier molecular flexibility index (Phi) is 7.36. The van der Waals surface area contributed by atoms with Gasteiger partial charge in [0.25, 0.3) is 0 Å². The van der Waals surface area contributed by atoms with Crippen LogP contribution >= 0.6 is 11.8 Å². The fraction of sp³-hybridized carbons (Fsp3) is 0.529. The van der Waals surface area contributed by atoms with Crippen LogP contribution in [0.1, 0.15) is 36.8 Å². The van der Waals surface area contributed by atoms with Crippen LogP contribution in [0, 0.1) is 0 Å². The Labute approximate surface area is 255 Å². The highest BCUT2D eigenvalue weighted by Crippen LogP contribution is 2.55. The first kappa shape index (κ1) is 26.6. The van der Waals surface area contributed by atoms with Gasteiger partial charge in [-0.15, -0.1) is 0 Å². The second kappa shape index (κ2) is 11.6. The van der Waals surface area contributed by atoms with Crippen LogP contribution < -0.4 is 29.9 Å². The molecule has 6 heterocycles. The molecule has 5 aliphatic heterocycles. The fourth-order valence-electron chi connectivity index (χ4n) is 7.91. The first-order chi connectivity index (χ1) is 20.9. The molecule has 0 saturated carbocycles. The number of rotatable bonds is 5. The summed E-state index contributed by atoms with van der Waals surface area (Å²) in [5.74, 6) is 5.28. The van der Waals surface area contributed by atoms with Gasteiger partial charge in [0.05, 0.1) is 0 Å². The maximum Gasteiger partial charge on any atom is 0.156 e. The fourth-order valence-corrected chi connectivity index (χ4v) is 8.81. The van der Waals surface area contributed by atoms with E-state index in [9.17, 15) is 0 Å². The summed E-state index contributed by atoms with van der Waals surface area (Å²) in [6, 6.07) is 18.4. The van der Waals surface area contributed by atoms with Gasteiger partial charge in [0.2, 0.25) is 0 Å². The highest BCUT2D eigenvalue weighted by atomic mass is 32.2. The van der Waals surface area contributed by atoms with Crippen LogP contribution in [0.3, 0.4) is 0 Å². The molecule has 2 aromatic carbocycles. The number of benzene rings is 2. The van der Waals surface area contributed by atoms with Gasteiger partial charge in [-0.05, 0) is 61.8 Å². The zero-order valence-corrected chi connectivity index (χ0v) is 25.8. The molecule has 8 heteroatoms. The average Bonchev–Trinajstić information content (AvgIpc) is 3.65. The van der Waals surface area contributed by atoms with Gasteiger partial charge in [-0.25, -0.2) is 4.68 Å². The number of hydrogen-bond donors (Lipinski definition) is 1. The summed E-state index contributed by atoms with van der Waals surface area (Å²) in [4.78, 5) is 10.9. The van der Waals surface area contributed by atoms with Crippen molar-refractivity contribution in [1.82, 2.24) is 9.99 Å². The molecule has 0 spiro atoms. The van der Waals surface area contributed by atoms with E-state index in [1.807, 2.05) is 0 Å². The van der Waals surface area contributed by atoms with Gasteiger partial charge < -0.3 is 29.9 Å². The van der Waals surface area contributed by atoms with Crippen LogP contribution in [0.4, 0.5) is 34.4 Å². The van der Waals surface area contributed by atoms with E-state index in [2.05, 4.69) is 94.9 Å². The molecule has 1 aromatic heterocycles. The minimum atomic E-state index is 1.04. The van der Waals surface area contributed by atoms with Crippen LogP contribution in [-0.4, -0.2) is 81.6 Å². The SMILES string of the molecule is c1ccc2c(c1)CCCN2c1c(N2CCc3ccccc32)c(N2CCNCC2)n(N2CCCCC2)c1N1CCSCC1. The predicted molar refractivity (Wildman–Crippen MR) is 180 cm³/mol. The third kappa shape index (κ3) is 4.62. The molecule has 0 amide bonds. The summed E-state index contributed by atoms with van der Waals surface area (Å²) in [6.45, 7) is 10.8. The standard InChI is InChI=1S/C34H45N7S/c1-6-17-38(18-7-1)41-33(36-21-15-35-16-22-36)32(40-20-14-28-10-3-5-13-30(28)40)31(34(41)37-23-25-42-26-24-37)39-19-8-11-27-9-2-4-12-29(27)39/h2-5,9-10,12-13,35H,1,6-8,11,14-26H2. The lowest BCUT2D eigenvalue weighted by Crippen LogP contribution is -2.48. The van der Waals surface area contributed by atoms with E-state index in [4.69, 9.17) is 0 Å². The van der Waals surface area contributed by atoms with Gasteiger partial charge in [0.1, 0.15) is 11.4 Å². The number of piperazine rings is 1. The minimum Gasteiger partial charge on any atom is -0.353 e. The number of fused-ring (bicyclic) bond motifs is 2. The number of thioether (sulfide) groups is 1. The summed E-state index contributed by atoms with van der Waals surface area (Å²) in [5.41, 5.74) is 8.67. The summed E-state index contributed by atoms with van der Waals surface area (Å²) >= 11 is 2.11. The monoisotopic (exact) mass is 583 g/mol. The summed E-state index contributed by atoms with van der Waals surface area (Å²) in [7, 11) is 0. The zero-order valence-electron chi connectivity index (χ0n) is 24.9. The highest BCUT2D eigenvalue weighted by molar-refractivity contribution is 7.99. The lowest BCUT2D eigenvalue weighted by atomic mass is 10.0. The summed E-state index contributed by atoms with van der Waals surface area (Å²) < 4.78 is 2.75. The number of aryl methyl sites for hydroxylation is 1. The van der Waals surface area contributed by atoms with E-state index in [1.165, 1.54) is 89.1 Å². The number of piperidine rings is 1. The van der Waals surface area contributed by atoms with Crippen molar-refractivity contribution in [3.63, 3.8) is 0 Å². The van der Waals surface area contributed by atoms with E-state index in [0.717, 1.165) is 71.9 Å².